The minimum Gasteiger partial charge on any atom is -0.341 e. The fourth-order valence-electron chi connectivity index (χ4n) is 3.03. The van der Waals surface area contributed by atoms with Crippen molar-refractivity contribution < 1.29 is 4.79 Å². The number of imidazole rings is 1. The summed E-state index contributed by atoms with van der Waals surface area (Å²) in [6.07, 6.45) is 5.78. The molecule has 1 N–H and O–H groups in total. The van der Waals surface area contributed by atoms with E-state index in [1.807, 2.05) is 14.0 Å². The number of aromatic amines is 1. The zero-order valence-corrected chi connectivity index (χ0v) is 14.4. The van der Waals surface area contributed by atoms with Gasteiger partial charge in [0.25, 0.3) is 0 Å². The number of hydrogen-bond donors (Lipinski definition) is 1. The van der Waals surface area contributed by atoms with Gasteiger partial charge in [-0.25, -0.2) is 4.98 Å². The van der Waals surface area contributed by atoms with E-state index in [0.717, 1.165) is 22.5 Å². The van der Waals surface area contributed by atoms with Crippen molar-refractivity contribution in [1.82, 2.24) is 14.9 Å². The lowest BCUT2D eigenvalue weighted by Gasteiger charge is -2.38. The lowest BCUT2D eigenvalue weighted by atomic mass is 9.89. The van der Waals surface area contributed by atoms with Crippen LogP contribution < -0.4 is 10.7 Å². The molecule has 0 bridgehead atoms. The number of aromatic nitrogens is 2. The molecule has 0 radical (unpaired) electrons. The van der Waals surface area contributed by atoms with Crippen molar-refractivity contribution >= 4 is 24.1 Å². The maximum Gasteiger partial charge on any atom is 0.136 e. The fourth-order valence-corrected chi connectivity index (χ4v) is 3.03. The molecule has 24 heavy (non-hydrogen) atoms. The molecule has 1 fully saturated rings. The number of ketones is 1. The number of nitrogens with one attached hydrogen (secondary N) is 1. The van der Waals surface area contributed by atoms with Crippen molar-refractivity contribution in [2.45, 2.75) is 31.8 Å². The van der Waals surface area contributed by atoms with Crippen molar-refractivity contribution in [3.63, 3.8) is 0 Å². The highest BCUT2D eigenvalue weighted by Gasteiger charge is 2.37. The summed E-state index contributed by atoms with van der Waals surface area (Å²) in [6.45, 7) is 17.2. The van der Waals surface area contributed by atoms with Gasteiger partial charge in [0.05, 0.1) is 28.5 Å². The smallest absolute Gasteiger partial charge is 0.136 e. The number of nitrogens with zero attached hydrogens (tertiary/aromatic N) is 3. The number of Topliss-reactive ketones (excluding diaryl/α,β-unsaturated/α-hetero) is 1. The molecule has 1 saturated heterocycles. The molecule has 1 aliphatic rings. The molecule has 2 rings (SSSR count). The zero-order chi connectivity index (χ0) is 17.9. The van der Waals surface area contributed by atoms with E-state index in [9.17, 15) is 4.79 Å². The molecule has 0 aliphatic carbocycles. The summed E-state index contributed by atoms with van der Waals surface area (Å²) in [4.78, 5) is 26.6. The van der Waals surface area contributed by atoms with Crippen LogP contribution in [0.5, 0.6) is 0 Å². The third kappa shape index (κ3) is 3.51. The van der Waals surface area contributed by atoms with E-state index in [1.165, 1.54) is 6.20 Å². The van der Waals surface area contributed by atoms with Crippen molar-refractivity contribution in [2.75, 3.05) is 7.05 Å². The molecule has 0 spiro atoms. The highest BCUT2D eigenvalue weighted by atomic mass is 16.1. The summed E-state index contributed by atoms with van der Waals surface area (Å²) in [5, 5.41) is 1.45. The molecule has 1 aromatic heterocycles. The van der Waals surface area contributed by atoms with Gasteiger partial charge < -0.3 is 4.98 Å². The van der Waals surface area contributed by atoms with Crippen LogP contribution in [0.15, 0.2) is 42.6 Å². The van der Waals surface area contributed by atoms with Crippen LogP contribution in [-0.4, -0.2) is 39.5 Å². The third-order valence-electron chi connectivity index (χ3n) is 4.23. The summed E-state index contributed by atoms with van der Waals surface area (Å²) in [5.41, 5.74) is 1.61. The van der Waals surface area contributed by atoms with E-state index >= 15 is 0 Å². The predicted molar refractivity (Wildman–Crippen MR) is 99.0 cm³/mol. The standard InChI is InChI=1S/C19H24N4O/c1-7-9-15-13(5)21-19(22-15)17-11-14(24)10-16(23(17)6)18(12(3)4)20-8-2/h7-9,16-17H,1-3,5,10-11H2,4,6H3,(H,21,22)/b15-9+,20-18?. The van der Waals surface area contributed by atoms with Gasteiger partial charge in [-0.15, -0.1) is 0 Å². The molecule has 5 nitrogen and oxygen atoms in total. The Hall–Kier alpha value is -2.53. The van der Waals surface area contributed by atoms with Crippen molar-refractivity contribution in [1.29, 1.82) is 0 Å². The van der Waals surface area contributed by atoms with Crippen LogP contribution in [0.3, 0.4) is 0 Å². The SMILES string of the molecule is C=C/C=c1/nc(C2CC(=O)CC(C(=NC=C)C(=C)C)N2C)[nH]c1=C. The fraction of sp³-hybridized carbons (Fsp3) is 0.316. The van der Waals surface area contributed by atoms with Crippen LogP contribution in [0, 0.1) is 0 Å². The average Bonchev–Trinajstić information content (AvgIpc) is 2.88. The summed E-state index contributed by atoms with van der Waals surface area (Å²) in [5.74, 6) is 0.908. The Bertz CT molecular complexity index is 815. The van der Waals surface area contributed by atoms with E-state index in [4.69, 9.17) is 0 Å². The van der Waals surface area contributed by atoms with Gasteiger partial charge in [0.2, 0.25) is 0 Å². The summed E-state index contributed by atoms with van der Waals surface area (Å²) in [7, 11) is 1.98. The number of H-pyrrole nitrogens is 1. The van der Waals surface area contributed by atoms with Gasteiger partial charge in [-0.05, 0) is 25.6 Å². The van der Waals surface area contributed by atoms with Gasteiger partial charge in [0, 0.05) is 19.0 Å². The molecule has 0 amide bonds. The third-order valence-corrected chi connectivity index (χ3v) is 4.23. The van der Waals surface area contributed by atoms with E-state index in [0.29, 0.717) is 18.2 Å². The normalized spacial score (nSPS) is 23.3. The number of likely N-dealkylation sites (tertiary alicyclic amines) is 1. The van der Waals surface area contributed by atoms with Gasteiger partial charge in [-0.1, -0.05) is 32.4 Å². The Balaban J connectivity index is 2.45. The molecule has 2 unspecified atom stereocenters. The lowest BCUT2D eigenvalue weighted by Crippen LogP contribution is -2.47. The first kappa shape index (κ1) is 17.8. The molecule has 0 saturated carbocycles. The van der Waals surface area contributed by atoms with Crippen molar-refractivity contribution in [3.05, 3.63) is 54.1 Å². The van der Waals surface area contributed by atoms with Gasteiger partial charge in [0.15, 0.2) is 0 Å². The van der Waals surface area contributed by atoms with Gasteiger partial charge in [0.1, 0.15) is 11.6 Å². The Kier molecular flexibility index (Phi) is 5.46. The van der Waals surface area contributed by atoms with Crippen LogP contribution in [0.2, 0.25) is 0 Å². The molecule has 126 valence electrons. The molecular weight excluding hydrogens is 300 g/mol. The predicted octanol–water partition coefficient (Wildman–Crippen LogP) is 1.65. The van der Waals surface area contributed by atoms with Crippen LogP contribution in [0.25, 0.3) is 12.7 Å². The van der Waals surface area contributed by atoms with E-state index in [1.54, 1.807) is 12.2 Å². The summed E-state index contributed by atoms with van der Waals surface area (Å²) in [6, 6.07) is -0.296. The Morgan fingerprint density at radius 1 is 1.42 bits per heavy atom. The molecule has 5 heteroatoms. The Labute approximate surface area is 142 Å². The number of carbonyl (C=O) groups is 1. The van der Waals surface area contributed by atoms with E-state index in [-0.39, 0.29) is 17.9 Å². The largest absolute Gasteiger partial charge is 0.341 e. The maximum absolute atomic E-state index is 12.3. The highest BCUT2D eigenvalue weighted by molar-refractivity contribution is 6.06. The molecule has 1 aliphatic heterocycles. The van der Waals surface area contributed by atoms with E-state index < -0.39 is 0 Å². The van der Waals surface area contributed by atoms with Gasteiger partial charge >= 0.3 is 0 Å². The second-order valence-corrected chi connectivity index (χ2v) is 6.01. The second kappa shape index (κ2) is 7.36. The highest BCUT2D eigenvalue weighted by Crippen LogP contribution is 2.30. The monoisotopic (exact) mass is 324 g/mol. The number of piperidine rings is 1. The number of hydrogen-bond acceptors (Lipinski definition) is 4. The Morgan fingerprint density at radius 3 is 2.71 bits per heavy atom. The van der Waals surface area contributed by atoms with Gasteiger partial charge in [-0.3, -0.25) is 14.7 Å². The molecular formula is C19H24N4O. The van der Waals surface area contributed by atoms with Crippen molar-refractivity contribution in [2.24, 2.45) is 4.99 Å². The van der Waals surface area contributed by atoms with E-state index in [2.05, 4.69) is 46.2 Å². The molecule has 2 heterocycles. The quantitative estimate of drug-likeness (QED) is 0.838. The lowest BCUT2D eigenvalue weighted by molar-refractivity contribution is -0.123. The summed E-state index contributed by atoms with van der Waals surface area (Å²) < 4.78 is 0. The van der Waals surface area contributed by atoms with Crippen LogP contribution in [-0.2, 0) is 4.79 Å². The topological polar surface area (TPSA) is 61.4 Å². The Morgan fingerprint density at radius 2 is 2.12 bits per heavy atom. The first-order valence-corrected chi connectivity index (χ1v) is 7.84. The van der Waals surface area contributed by atoms with Crippen LogP contribution >= 0.6 is 0 Å². The number of aliphatic imine (C=N–C) groups is 1. The second-order valence-electron chi connectivity index (χ2n) is 6.01. The van der Waals surface area contributed by atoms with Crippen molar-refractivity contribution in [3.8, 4) is 0 Å². The molecule has 1 aromatic rings. The average molecular weight is 324 g/mol. The number of carbonyl (C=O) groups excluding carboxylic acids is 1. The van der Waals surface area contributed by atoms with Crippen LogP contribution in [0.4, 0.5) is 0 Å². The minimum absolute atomic E-state index is 0.142. The summed E-state index contributed by atoms with van der Waals surface area (Å²) >= 11 is 0. The number of allylic oxidation sites excluding steroid dienone is 1. The first-order chi connectivity index (χ1) is 11.4. The van der Waals surface area contributed by atoms with Crippen LogP contribution in [0.1, 0.15) is 31.6 Å². The molecule has 0 aromatic carbocycles. The zero-order valence-electron chi connectivity index (χ0n) is 14.4. The maximum atomic E-state index is 12.3. The molecule has 2 atom stereocenters. The van der Waals surface area contributed by atoms with Gasteiger partial charge in [-0.2, -0.15) is 0 Å². The minimum atomic E-state index is -0.155. The number of rotatable bonds is 5. The first-order valence-electron chi connectivity index (χ1n) is 7.84.